The maximum Gasteiger partial charge on any atom is 1.00 e. The molecule has 2 aliphatic carbocycles. The van der Waals surface area contributed by atoms with Crippen LogP contribution < -0.4 is 56.3 Å². The summed E-state index contributed by atoms with van der Waals surface area (Å²) < 4.78 is 22.1. The zero-order valence-electron chi connectivity index (χ0n) is 11.3. The van der Waals surface area contributed by atoms with Gasteiger partial charge in [0.25, 0.3) is 7.82 Å². The van der Waals surface area contributed by atoms with Crippen molar-refractivity contribution in [2.24, 2.45) is 0 Å². The average Bonchev–Trinajstić information content (AvgIpc) is 2.30. The van der Waals surface area contributed by atoms with E-state index in [1.165, 1.54) is 12.8 Å². The normalized spacial score (nSPS) is 23.6. The van der Waals surface area contributed by atoms with Crippen LogP contribution in [0.4, 0.5) is 0 Å². The van der Waals surface area contributed by atoms with Crippen molar-refractivity contribution in [1.29, 1.82) is 0 Å². The average molecular weight is 300 g/mol. The van der Waals surface area contributed by atoms with Gasteiger partial charge in [0.1, 0.15) is 0 Å². The molecule has 0 spiro atoms. The molecule has 0 amide bonds. The molecule has 6 heteroatoms. The van der Waals surface area contributed by atoms with Gasteiger partial charge in [-0.25, -0.2) is 0 Å². The molecule has 18 heavy (non-hydrogen) atoms. The van der Waals surface area contributed by atoms with Gasteiger partial charge in [-0.05, 0) is 25.7 Å². The smallest absolute Gasteiger partial charge is 0.756 e. The number of hydrogen-bond acceptors (Lipinski definition) is 4. The predicted molar refractivity (Wildman–Crippen MR) is 63.5 cm³/mol. The molecular formula is C12H22KO4P. The first-order valence-corrected chi connectivity index (χ1v) is 8.30. The molecule has 0 aromatic rings. The van der Waals surface area contributed by atoms with E-state index in [4.69, 9.17) is 9.05 Å². The second kappa shape index (κ2) is 8.91. The molecule has 0 radical (unpaired) electrons. The summed E-state index contributed by atoms with van der Waals surface area (Å²) in [6.45, 7) is 0. The van der Waals surface area contributed by atoms with Gasteiger partial charge in [-0.15, -0.1) is 0 Å². The van der Waals surface area contributed by atoms with E-state index in [0.29, 0.717) is 0 Å². The van der Waals surface area contributed by atoms with Crippen molar-refractivity contribution in [1.82, 2.24) is 0 Å². The Morgan fingerprint density at radius 3 is 1.44 bits per heavy atom. The molecule has 0 heterocycles. The first-order chi connectivity index (χ1) is 8.16. The summed E-state index contributed by atoms with van der Waals surface area (Å²) in [5.74, 6) is 0. The van der Waals surface area contributed by atoms with Crippen molar-refractivity contribution in [3.63, 3.8) is 0 Å². The van der Waals surface area contributed by atoms with Gasteiger partial charge in [0.15, 0.2) is 0 Å². The summed E-state index contributed by atoms with van der Waals surface area (Å²) in [6, 6.07) is 0. The fourth-order valence-corrected chi connectivity index (χ4v) is 3.93. The van der Waals surface area contributed by atoms with Gasteiger partial charge in [0, 0.05) is 0 Å². The SMILES string of the molecule is O=P([O-])(OC1CCCCC1)OC1CCCCC1.[K+]. The second-order valence-corrected chi connectivity index (χ2v) is 6.49. The Kier molecular flexibility index (Phi) is 8.81. The Hall–Kier alpha value is 1.75. The maximum absolute atomic E-state index is 11.8. The van der Waals surface area contributed by atoms with Crippen molar-refractivity contribution < 1.29 is 69.9 Å². The fourth-order valence-electron chi connectivity index (χ4n) is 2.73. The molecule has 0 saturated heterocycles. The molecule has 0 atom stereocenters. The molecule has 0 aliphatic heterocycles. The topological polar surface area (TPSA) is 58.6 Å². The van der Waals surface area contributed by atoms with E-state index in [1.807, 2.05) is 0 Å². The van der Waals surface area contributed by atoms with Crippen molar-refractivity contribution in [3.05, 3.63) is 0 Å². The number of phosphoric ester groups is 1. The quantitative estimate of drug-likeness (QED) is 0.548. The fraction of sp³-hybridized carbons (Fsp3) is 1.00. The molecule has 0 aromatic carbocycles. The van der Waals surface area contributed by atoms with Gasteiger partial charge >= 0.3 is 51.4 Å². The summed E-state index contributed by atoms with van der Waals surface area (Å²) in [5, 5.41) is 0. The van der Waals surface area contributed by atoms with E-state index in [9.17, 15) is 9.46 Å². The van der Waals surface area contributed by atoms with E-state index < -0.39 is 7.82 Å². The van der Waals surface area contributed by atoms with Crippen LogP contribution in [0.1, 0.15) is 64.2 Å². The molecule has 2 aliphatic rings. The third kappa shape index (κ3) is 6.46. The van der Waals surface area contributed by atoms with E-state index >= 15 is 0 Å². The zero-order valence-corrected chi connectivity index (χ0v) is 15.3. The van der Waals surface area contributed by atoms with Gasteiger partial charge in [-0.1, -0.05) is 38.5 Å². The van der Waals surface area contributed by atoms with Crippen LogP contribution in [0.25, 0.3) is 0 Å². The first kappa shape index (κ1) is 17.8. The van der Waals surface area contributed by atoms with Gasteiger partial charge in [0.2, 0.25) is 0 Å². The van der Waals surface area contributed by atoms with E-state index in [2.05, 4.69) is 0 Å². The third-order valence-electron chi connectivity index (χ3n) is 3.66. The minimum Gasteiger partial charge on any atom is -0.756 e. The molecule has 0 aromatic heterocycles. The number of hydrogen-bond donors (Lipinski definition) is 0. The minimum absolute atomic E-state index is 0. The summed E-state index contributed by atoms with van der Waals surface area (Å²) in [6.07, 6.45) is 9.73. The summed E-state index contributed by atoms with van der Waals surface area (Å²) in [4.78, 5) is 11.8. The Bertz CT molecular complexity index is 251. The third-order valence-corrected chi connectivity index (χ3v) is 4.77. The molecule has 0 N–H and O–H groups in total. The summed E-state index contributed by atoms with van der Waals surface area (Å²) in [7, 11) is -4.08. The molecule has 0 unspecified atom stereocenters. The van der Waals surface area contributed by atoms with Crippen molar-refractivity contribution in [2.45, 2.75) is 76.4 Å². The molecule has 2 fully saturated rings. The van der Waals surface area contributed by atoms with Crippen LogP contribution in [0.5, 0.6) is 0 Å². The van der Waals surface area contributed by atoms with Crippen LogP contribution in [-0.4, -0.2) is 12.2 Å². The molecular weight excluding hydrogens is 278 g/mol. The monoisotopic (exact) mass is 300 g/mol. The Morgan fingerprint density at radius 2 is 1.11 bits per heavy atom. The zero-order chi connectivity index (χ0) is 12.1. The molecule has 2 saturated carbocycles. The van der Waals surface area contributed by atoms with Gasteiger partial charge in [0.05, 0.1) is 12.2 Å². The summed E-state index contributed by atoms with van der Waals surface area (Å²) >= 11 is 0. The molecule has 4 nitrogen and oxygen atoms in total. The summed E-state index contributed by atoms with van der Waals surface area (Å²) in [5.41, 5.74) is 0. The van der Waals surface area contributed by atoms with Gasteiger partial charge < -0.3 is 13.9 Å². The first-order valence-electron chi connectivity index (χ1n) is 6.83. The van der Waals surface area contributed by atoms with Crippen LogP contribution >= 0.6 is 7.82 Å². The van der Waals surface area contributed by atoms with Crippen LogP contribution in [0, 0.1) is 0 Å². The maximum atomic E-state index is 11.8. The Balaban J connectivity index is 0.00000162. The van der Waals surface area contributed by atoms with Crippen LogP contribution in [-0.2, 0) is 13.6 Å². The molecule has 100 valence electrons. The van der Waals surface area contributed by atoms with Crippen molar-refractivity contribution >= 4 is 7.82 Å². The molecule has 0 bridgehead atoms. The van der Waals surface area contributed by atoms with Crippen molar-refractivity contribution in [2.75, 3.05) is 0 Å². The van der Waals surface area contributed by atoms with Gasteiger partial charge in [-0.3, -0.25) is 4.57 Å². The minimum atomic E-state index is -4.08. The van der Waals surface area contributed by atoms with E-state index in [-0.39, 0.29) is 63.6 Å². The Labute approximate surface area is 152 Å². The molecule has 2 rings (SSSR count). The van der Waals surface area contributed by atoms with Gasteiger partial charge in [-0.2, -0.15) is 0 Å². The number of rotatable bonds is 4. The van der Waals surface area contributed by atoms with E-state index in [0.717, 1.165) is 51.4 Å². The number of phosphoric acid groups is 1. The standard InChI is InChI=1S/C12H23O4P.K/c13-17(14,15-11-7-3-1-4-8-11)16-12-9-5-2-6-10-12;/h11-12H,1-10H2,(H,13,14);/q;+1/p-1. The van der Waals surface area contributed by atoms with Crippen LogP contribution in [0.2, 0.25) is 0 Å². The Morgan fingerprint density at radius 1 is 0.778 bits per heavy atom. The second-order valence-electron chi connectivity index (χ2n) is 5.18. The van der Waals surface area contributed by atoms with Crippen LogP contribution in [0.3, 0.4) is 0 Å². The predicted octanol–water partition coefficient (Wildman–Crippen LogP) is 0.157. The largest absolute Gasteiger partial charge is 1.00 e. The van der Waals surface area contributed by atoms with E-state index in [1.54, 1.807) is 0 Å². The van der Waals surface area contributed by atoms with Crippen molar-refractivity contribution in [3.8, 4) is 0 Å². The van der Waals surface area contributed by atoms with Crippen LogP contribution in [0.15, 0.2) is 0 Å².